The van der Waals surface area contributed by atoms with Crippen LogP contribution < -0.4 is 5.56 Å². The second-order valence-corrected chi connectivity index (χ2v) is 6.24. The minimum Gasteiger partial charge on any atom is -0.378 e. The van der Waals surface area contributed by atoms with Gasteiger partial charge in [0.1, 0.15) is 6.04 Å². The first kappa shape index (κ1) is 15.7. The number of carbonyl (C=O) groups excluding carboxylic acids is 1. The number of aryl methyl sites for hydroxylation is 1. The van der Waals surface area contributed by atoms with Crippen LogP contribution in [0.3, 0.4) is 0 Å². The number of hydrogen-bond acceptors (Lipinski definition) is 4. The van der Waals surface area contributed by atoms with Gasteiger partial charge >= 0.3 is 0 Å². The van der Waals surface area contributed by atoms with Crippen molar-refractivity contribution in [1.29, 1.82) is 0 Å². The summed E-state index contributed by atoms with van der Waals surface area (Å²) in [6.45, 7) is 8.15. The normalized spacial score (nSPS) is 17.0. The van der Waals surface area contributed by atoms with Gasteiger partial charge in [0, 0.05) is 37.2 Å². The lowest BCUT2D eigenvalue weighted by Gasteiger charge is -2.32. The van der Waals surface area contributed by atoms with Crippen molar-refractivity contribution in [2.24, 2.45) is 5.92 Å². The predicted octanol–water partition coefficient (Wildman–Crippen LogP) is 0.860. The Kier molecular flexibility index (Phi) is 4.21. The molecule has 1 atom stereocenters. The summed E-state index contributed by atoms with van der Waals surface area (Å²) in [5, 5.41) is 0. The van der Waals surface area contributed by atoms with E-state index < -0.39 is 0 Å². The maximum atomic E-state index is 13.0. The standard InChI is InChI=1S/C16H22N4O3/c1-11(2)14(15(22)18-6-8-23-9-7-18)20-5-4-19-13(21)10-12(3)17-16(19)20/h4-5,10-11,14H,6-9H2,1-3H3. The number of aromatic nitrogens is 3. The molecule has 0 aromatic carbocycles. The number of morpholine rings is 1. The lowest BCUT2D eigenvalue weighted by atomic mass is 10.0. The van der Waals surface area contributed by atoms with Crippen LogP contribution in [0.2, 0.25) is 0 Å². The minimum atomic E-state index is -0.383. The van der Waals surface area contributed by atoms with Crippen LogP contribution in [0.15, 0.2) is 23.3 Å². The second-order valence-electron chi connectivity index (χ2n) is 6.24. The van der Waals surface area contributed by atoms with Crippen LogP contribution in [0.4, 0.5) is 0 Å². The van der Waals surface area contributed by atoms with Gasteiger partial charge in [-0.05, 0) is 12.8 Å². The van der Waals surface area contributed by atoms with Gasteiger partial charge in [-0.3, -0.25) is 14.0 Å². The topological polar surface area (TPSA) is 68.8 Å². The molecule has 1 unspecified atom stereocenters. The first-order chi connectivity index (χ1) is 11.0. The molecule has 1 aliphatic heterocycles. The van der Waals surface area contributed by atoms with E-state index in [0.29, 0.717) is 37.8 Å². The molecule has 2 aromatic heterocycles. The lowest BCUT2D eigenvalue weighted by molar-refractivity contribution is -0.140. The van der Waals surface area contributed by atoms with E-state index in [1.54, 1.807) is 19.3 Å². The molecule has 3 heterocycles. The zero-order valence-electron chi connectivity index (χ0n) is 13.7. The second kappa shape index (κ2) is 6.16. The molecule has 0 radical (unpaired) electrons. The van der Waals surface area contributed by atoms with Crippen molar-refractivity contribution in [3.63, 3.8) is 0 Å². The Hall–Kier alpha value is -2.15. The first-order valence-corrected chi connectivity index (χ1v) is 7.92. The molecule has 23 heavy (non-hydrogen) atoms. The van der Waals surface area contributed by atoms with Crippen molar-refractivity contribution in [3.05, 3.63) is 34.5 Å². The van der Waals surface area contributed by atoms with Crippen molar-refractivity contribution in [2.75, 3.05) is 26.3 Å². The predicted molar refractivity (Wildman–Crippen MR) is 85.5 cm³/mol. The molecular formula is C16H22N4O3. The fourth-order valence-electron chi connectivity index (χ4n) is 3.03. The van der Waals surface area contributed by atoms with Crippen molar-refractivity contribution >= 4 is 11.7 Å². The number of amides is 1. The summed E-state index contributed by atoms with van der Waals surface area (Å²) in [7, 11) is 0. The molecule has 0 saturated carbocycles. The van der Waals surface area contributed by atoms with E-state index in [2.05, 4.69) is 4.98 Å². The van der Waals surface area contributed by atoms with Gasteiger partial charge in [-0.15, -0.1) is 0 Å². The van der Waals surface area contributed by atoms with Crippen LogP contribution in [-0.2, 0) is 9.53 Å². The summed E-state index contributed by atoms with van der Waals surface area (Å²) < 4.78 is 8.62. The molecule has 0 bridgehead atoms. The highest BCUT2D eigenvalue weighted by molar-refractivity contribution is 5.81. The van der Waals surface area contributed by atoms with E-state index in [1.807, 2.05) is 23.3 Å². The maximum Gasteiger partial charge on any atom is 0.259 e. The van der Waals surface area contributed by atoms with Crippen LogP contribution in [0, 0.1) is 12.8 Å². The van der Waals surface area contributed by atoms with Crippen molar-refractivity contribution in [3.8, 4) is 0 Å². The third-order valence-electron chi connectivity index (χ3n) is 4.18. The van der Waals surface area contributed by atoms with Crippen LogP contribution in [0.1, 0.15) is 25.6 Å². The third kappa shape index (κ3) is 2.88. The van der Waals surface area contributed by atoms with Gasteiger partial charge in [-0.1, -0.05) is 13.8 Å². The van der Waals surface area contributed by atoms with Crippen LogP contribution in [0.25, 0.3) is 5.78 Å². The van der Waals surface area contributed by atoms with E-state index in [0.717, 1.165) is 0 Å². The number of hydrogen-bond donors (Lipinski definition) is 0. The molecule has 124 valence electrons. The Morgan fingerprint density at radius 2 is 1.96 bits per heavy atom. The zero-order valence-corrected chi connectivity index (χ0v) is 13.7. The van der Waals surface area contributed by atoms with Crippen molar-refractivity contribution < 1.29 is 9.53 Å². The van der Waals surface area contributed by atoms with Crippen LogP contribution in [0.5, 0.6) is 0 Å². The number of fused-ring (bicyclic) bond motifs is 1. The molecular weight excluding hydrogens is 296 g/mol. The Balaban J connectivity index is 2.05. The summed E-state index contributed by atoms with van der Waals surface area (Å²) in [6, 6.07) is 1.11. The number of imidazole rings is 1. The average Bonchev–Trinajstić information content (AvgIpc) is 2.92. The van der Waals surface area contributed by atoms with Crippen molar-refractivity contribution in [1.82, 2.24) is 18.9 Å². The fraction of sp³-hybridized carbons (Fsp3) is 0.562. The largest absolute Gasteiger partial charge is 0.378 e. The van der Waals surface area contributed by atoms with Gasteiger partial charge < -0.3 is 14.2 Å². The molecule has 0 N–H and O–H groups in total. The molecule has 7 heteroatoms. The monoisotopic (exact) mass is 318 g/mol. The molecule has 0 aliphatic carbocycles. The molecule has 1 saturated heterocycles. The van der Waals surface area contributed by atoms with Crippen molar-refractivity contribution in [2.45, 2.75) is 26.8 Å². The quantitative estimate of drug-likeness (QED) is 0.842. The van der Waals surface area contributed by atoms with Gasteiger partial charge in [0.15, 0.2) is 0 Å². The SMILES string of the molecule is Cc1cc(=O)n2ccn(C(C(=O)N3CCOCC3)C(C)C)c2n1. The third-order valence-corrected chi connectivity index (χ3v) is 4.18. The number of carbonyl (C=O) groups is 1. The first-order valence-electron chi connectivity index (χ1n) is 7.92. The summed E-state index contributed by atoms with van der Waals surface area (Å²) >= 11 is 0. The maximum absolute atomic E-state index is 13.0. The van der Waals surface area contributed by atoms with E-state index in [-0.39, 0.29) is 23.4 Å². The van der Waals surface area contributed by atoms with Crippen LogP contribution in [-0.4, -0.2) is 51.1 Å². The highest BCUT2D eigenvalue weighted by Gasteiger charge is 2.31. The fourth-order valence-corrected chi connectivity index (χ4v) is 3.03. The molecule has 1 fully saturated rings. The Morgan fingerprint density at radius 3 is 2.61 bits per heavy atom. The van der Waals surface area contributed by atoms with E-state index in [1.165, 1.54) is 10.5 Å². The number of nitrogens with zero attached hydrogens (tertiary/aromatic N) is 4. The molecule has 7 nitrogen and oxygen atoms in total. The summed E-state index contributed by atoms with van der Waals surface area (Å²) in [5.74, 6) is 0.645. The number of ether oxygens (including phenoxy) is 1. The van der Waals surface area contributed by atoms with Gasteiger partial charge in [-0.2, -0.15) is 0 Å². The Bertz CT molecular complexity index is 771. The Morgan fingerprint density at radius 1 is 1.26 bits per heavy atom. The minimum absolute atomic E-state index is 0.0529. The summed E-state index contributed by atoms with van der Waals surface area (Å²) in [6.07, 6.45) is 3.44. The summed E-state index contributed by atoms with van der Waals surface area (Å²) in [5.41, 5.74) is 0.517. The van der Waals surface area contributed by atoms with E-state index >= 15 is 0 Å². The Labute approximate surface area is 134 Å². The van der Waals surface area contributed by atoms with Crippen LogP contribution >= 0.6 is 0 Å². The van der Waals surface area contributed by atoms with E-state index in [4.69, 9.17) is 4.74 Å². The van der Waals surface area contributed by atoms with Gasteiger partial charge in [0.25, 0.3) is 5.56 Å². The highest BCUT2D eigenvalue weighted by atomic mass is 16.5. The molecule has 1 aliphatic rings. The van der Waals surface area contributed by atoms with Gasteiger partial charge in [0.05, 0.1) is 13.2 Å². The zero-order chi connectivity index (χ0) is 16.6. The average molecular weight is 318 g/mol. The lowest BCUT2D eigenvalue weighted by Crippen LogP contribution is -2.45. The number of rotatable bonds is 3. The highest BCUT2D eigenvalue weighted by Crippen LogP contribution is 2.23. The molecule has 0 spiro atoms. The van der Waals surface area contributed by atoms with Gasteiger partial charge in [0.2, 0.25) is 11.7 Å². The van der Waals surface area contributed by atoms with E-state index in [9.17, 15) is 9.59 Å². The summed E-state index contributed by atoms with van der Waals surface area (Å²) in [4.78, 5) is 31.4. The molecule has 1 amide bonds. The smallest absolute Gasteiger partial charge is 0.259 e. The molecule has 3 rings (SSSR count). The molecule has 2 aromatic rings. The van der Waals surface area contributed by atoms with Gasteiger partial charge in [-0.25, -0.2) is 4.98 Å².